The van der Waals surface area contributed by atoms with Crippen molar-refractivity contribution in [3.8, 4) is 0 Å². The maximum atomic E-state index is 13.6. The van der Waals surface area contributed by atoms with Crippen molar-refractivity contribution in [3.05, 3.63) is 35.9 Å². The third-order valence-electron chi connectivity index (χ3n) is 1.96. The predicted molar refractivity (Wildman–Crippen MR) is 63.0 cm³/mol. The van der Waals surface area contributed by atoms with Crippen molar-refractivity contribution in [1.82, 2.24) is 0 Å². The molecule has 1 aromatic carbocycles. The SMILES string of the molecule is CC(CCl)SCC(F)(F)c1ccccc1. The molecule has 0 fully saturated rings. The molecule has 0 aliphatic rings. The first-order valence-corrected chi connectivity index (χ1v) is 6.25. The molecule has 1 atom stereocenters. The topological polar surface area (TPSA) is 0 Å². The Morgan fingerprint density at radius 3 is 2.47 bits per heavy atom. The molecule has 0 nitrogen and oxygen atoms in total. The Hall–Kier alpha value is -0.280. The Labute approximate surface area is 98.0 Å². The molecule has 1 unspecified atom stereocenters. The van der Waals surface area contributed by atoms with Gasteiger partial charge in [0.15, 0.2) is 0 Å². The van der Waals surface area contributed by atoms with Crippen LogP contribution in [0.1, 0.15) is 12.5 Å². The third kappa shape index (κ3) is 3.99. The second kappa shape index (κ2) is 5.71. The summed E-state index contributed by atoms with van der Waals surface area (Å²) >= 11 is 6.76. The van der Waals surface area contributed by atoms with Crippen LogP contribution >= 0.6 is 23.4 Å². The molecule has 0 aliphatic heterocycles. The van der Waals surface area contributed by atoms with Gasteiger partial charge in [-0.1, -0.05) is 37.3 Å². The lowest BCUT2D eigenvalue weighted by molar-refractivity contribution is 0.0231. The van der Waals surface area contributed by atoms with Crippen molar-refractivity contribution < 1.29 is 8.78 Å². The van der Waals surface area contributed by atoms with Crippen LogP contribution in [0.15, 0.2) is 30.3 Å². The van der Waals surface area contributed by atoms with E-state index in [0.29, 0.717) is 5.88 Å². The maximum Gasteiger partial charge on any atom is 0.282 e. The number of benzene rings is 1. The highest BCUT2D eigenvalue weighted by Crippen LogP contribution is 2.32. The molecule has 0 amide bonds. The van der Waals surface area contributed by atoms with Crippen LogP contribution < -0.4 is 0 Å². The van der Waals surface area contributed by atoms with Crippen LogP contribution in [0.25, 0.3) is 0 Å². The summed E-state index contributed by atoms with van der Waals surface area (Å²) in [6.45, 7) is 1.85. The minimum absolute atomic E-state index is 0.0567. The zero-order valence-electron chi connectivity index (χ0n) is 8.42. The molecule has 1 aromatic rings. The van der Waals surface area contributed by atoms with Gasteiger partial charge in [-0.05, 0) is 0 Å². The number of hydrogen-bond acceptors (Lipinski definition) is 1. The second-order valence-electron chi connectivity index (χ2n) is 3.35. The van der Waals surface area contributed by atoms with E-state index in [0.717, 1.165) is 0 Å². The first-order valence-electron chi connectivity index (χ1n) is 4.67. The van der Waals surface area contributed by atoms with E-state index < -0.39 is 5.92 Å². The summed E-state index contributed by atoms with van der Waals surface area (Å²) in [5.41, 5.74) is 0.0688. The minimum atomic E-state index is -2.77. The van der Waals surface area contributed by atoms with Crippen molar-refractivity contribution in [1.29, 1.82) is 0 Å². The molecule has 4 heteroatoms. The fourth-order valence-electron chi connectivity index (χ4n) is 1.06. The molecule has 0 bridgehead atoms. The summed E-state index contributed by atoms with van der Waals surface area (Å²) in [7, 11) is 0. The summed E-state index contributed by atoms with van der Waals surface area (Å²) in [6.07, 6.45) is 0. The number of halogens is 3. The van der Waals surface area contributed by atoms with Crippen LogP contribution in [0.3, 0.4) is 0 Å². The van der Waals surface area contributed by atoms with E-state index in [1.807, 2.05) is 6.92 Å². The van der Waals surface area contributed by atoms with Gasteiger partial charge in [-0.25, -0.2) is 8.78 Å². The van der Waals surface area contributed by atoms with Gasteiger partial charge in [0, 0.05) is 16.7 Å². The molecule has 15 heavy (non-hydrogen) atoms. The highest BCUT2D eigenvalue weighted by molar-refractivity contribution is 8.00. The van der Waals surface area contributed by atoms with E-state index in [-0.39, 0.29) is 16.6 Å². The van der Waals surface area contributed by atoms with Gasteiger partial charge in [-0.2, -0.15) is 11.8 Å². The fourth-order valence-corrected chi connectivity index (χ4v) is 2.07. The Morgan fingerprint density at radius 2 is 1.93 bits per heavy atom. The Bertz CT molecular complexity index is 290. The van der Waals surface area contributed by atoms with E-state index in [1.54, 1.807) is 18.2 Å². The Morgan fingerprint density at radius 1 is 1.33 bits per heavy atom. The van der Waals surface area contributed by atoms with Gasteiger partial charge in [0.1, 0.15) is 0 Å². The lowest BCUT2D eigenvalue weighted by atomic mass is 10.1. The third-order valence-corrected chi connectivity index (χ3v) is 3.87. The van der Waals surface area contributed by atoms with Crippen molar-refractivity contribution in [2.75, 3.05) is 11.6 Å². The number of rotatable bonds is 5. The van der Waals surface area contributed by atoms with Crippen molar-refractivity contribution >= 4 is 23.4 Å². The molecule has 84 valence electrons. The lowest BCUT2D eigenvalue weighted by Gasteiger charge is -2.17. The largest absolute Gasteiger partial charge is 0.282 e. The normalized spacial score (nSPS) is 13.9. The molecular weight excluding hydrogens is 238 g/mol. The van der Waals surface area contributed by atoms with Gasteiger partial charge in [-0.15, -0.1) is 11.6 Å². The van der Waals surface area contributed by atoms with Gasteiger partial charge >= 0.3 is 0 Å². The van der Waals surface area contributed by atoms with E-state index >= 15 is 0 Å². The summed E-state index contributed by atoms with van der Waals surface area (Å²) in [6, 6.07) is 7.88. The average Bonchev–Trinajstić information content (AvgIpc) is 2.27. The van der Waals surface area contributed by atoms with Crippen LogP contribution in [-0.4, -0.2) is 16.9 Å². The summed E-state index contributed by atoms with van der Waals surface area (Å²) in [4.78, 5) is 0. The molecule has 0 saturated carbocycles. The quantitative estimate of drug-likeness (QED) is 0.708. The molecule has 0 saturated heterocycles. The van der Waals surface area contributed by atoms with E-state index in [2.05, 4.69) is 0 Å². The molecule has 0 heterocycles. The highest BCUT2D eigenvalue weighted by Gasteiger charge is 2.31. The van der Waals surface area contributed by atoms with Crippen LogP contribution in [0.2, 0.25) is 0 Å². The number of thioether (sulfide) groups is 1. The van der Waals surface area contributed by atoms with Crippen LogP contribution in [0.5, 0.6) is 0 Å². The van der Waals surface area contributed by atoms with Crippen LogP contribution in [-0.2, 0) is 5.92 Å². The summed E-state index contributed by atoms with van der Waals surface area (Å²) in [5, 5.41) is 0.0567. The average molecular weight is 251 g/mol. The van der Waals surface area contributed by atoms with Gasteiger partial charge in [0.25, 0.3) is 5.92 Å². The van der Waals surface area contributed by atoms with Crippen molar-refractivity contribution in [2.45, 2.75) is 18.1 Å². The first kappa shape index (κ1) is 12.8. The molecule has 1 rings (SSSR count). The number of alkyl halides is 3. The molecule has 0 spiro atoms. The van der Waals surface area contributed by atoms with E-state index in [4.69, 9.17) is 11.6 Å². The van der Waals surface area contributed by atoms with Crippen LogP contribution in [0.4, 0.5) is 8.78 Å². The monoisotopic (exact) mass is 250 g/mol. The second-order valence-corrected chi connectivity index (χ2v) is 5.08. The molecular formula is C11H13ClF2S. The lowest BCUT2D eigenvalue weighted by Crippen LogP contribution is -2.18. The standard InChI is InChI=1S/C11H13ClF2S/c1-9(7-12)15-8-11(13,14)10-5-3-2-4-6-10/h2-6,9H,7-8H2,1H3. The van der Waals surface area contributed by atoms with Gasteiger partial charge in [0.2, 0.25) is 0 Å². The van der Waals surface area contributed by atoms with Crippen molar-refractivity contribution in [2.24, 2.45) is 0 Å². The Balaban J connectivity index is 2.59. The number of hydrogen-bond donors (Lipinski definition) is 0. The van der Waals surface area contributed by atoms with E-state index in [1.165, 1.54) is 23.9 Å². The van der Waals surface area contributed by atoms with Gasteiger partial charge in [-0.3, -0.25) is 0 Å². The zero-order valence-corrected chi connectivity index (χ0v) is 9.99. The predicted octanol–water partition coefficient (Wildman–Crippen LogP) is 4.14. The summed E-state index contributed by atoms with van der Waals surface area (Å²) in [5.74, 6) is -2.59. The maximum absolute atomic E-state index is 13.6. The smallest absolute Gasteiger partial charge is 0.200 e. The molecule has 0 aliphatic carbocycles. The zero-order chi connectivity index (χ0) is 11.3. The minimum Gasteiger partial charge on any atom is -0.200 e. The van der Waals surface area contributed by atoms with Gasteiger partial charge < -0.3 is 0 Å². The molecule has 0 radical (unpaired) electrons. The Kier molecular flexibility index (Phi) is 4.87. The van der Waals surface area contributed by atoms with E-state index in [9.17, 15) is 8.78 Å². The van der Waals surface area contributed by atoms with Crippen LogP contribution in [0, 0.1) is 0 Å². The van der Waals surface area contributed by atoms with Gasteiger partial charge in [0.05, 0.1) is 5.75 Å². The van der Waals surface area contributed by atoms with Crippen molar-refractivity contribution in [3.63, 3.8) is 0 Å². The highest BCUT2D eigenvalue weighted by atomic mass is 35.5. The molecule has 0 N–H and O–H groups in total. The molecule has 0 aromatic heterocycles. The fraction of sp³-hybridized carbons (Fsp3) is 0.455. The summed E-state index contributed by atoms with van der Waals surface area (Å²) < 4.78 is 27.2. The first-order chi connectivity index (χ1) is 7.06.